The van der Waals surface area contributed by atoms with Crippen molar-refractivity contribution >= 4 is 36.4 Å². The molecule has 1 aliphatic carbocycles. The van der Waals surface area contributed by atoms with Gasteiger partial charge >= 0.3 is 0 Å². The molecular formula is C20H27Cl2N3O3. The van der Waals surface area contributed by atoms with Gasteiger partial charge in [0.05, 0.1) is 6.10 Å². The topological polar surface area (TPSA) is 86.5 Å². The highest BCUT2D eigenvalue weighted by Gasteiger charge is 2.62. The molecule has 2 aromatic rings. The Kier molecular flexibility index (Phi) is 8.26. The van der Waals surface area contributed by atoms with Gasteiger partial charge in [-0.25, -0.2) is 4.98 Å². The lowest BCUT2D eigenvalue weighted by atomic mass is 9.54. The molecule has 0 aliphatic heterocycles. The summed E-state index contributed by atoms with van der Waals surface area (Å²) in [6.07, 6.45) is 2.15. The van der Waals surface area contributed by atoms with Gasteiger partial charge in [-0.1, -0.05) is 26.0 Å². The molecule has 0 bridgehead atoms. The molecule has 1 aromatic carbocycles. The minimum atomic E-state index is -0.968. The Balaban J connectivity index is 0.00000196. The number of carbonyl (C=O) groups is 1. The number of nitrogens with zero attached hydrogens (tertiary/aromatic N) is 1. The lowest BCUT2D eigenvalue weighted by molar-refractivity contribution is -0.166. The number of rotatable bonds is 6. The van der Waals surface area contributed by atoms with E-state index in [-0.39, 0.29) is 36.8 Å². The Morgan fingerprint density at radius 2 is 2.00 bits per heavy atom. The summed E-state index contributed by atoms with van der Waals surface area (Å²) in [5.74, 6) is 0.868. The maximum atomic E-state index is 12.8. The van der Waals surface area contributed by atoms with Gasteiger partial charge in [-0.05, 0) is 25.1 Å². The fourth-order valence-electron chi connectivity index (χ4n) is 3.23. The van der Waals surface area contributed by atoms with Gasteiger partial charge in [-0.3, -0.25) is 4.79 Å². The van der Waals surface area contributed by atoms with Crippen LogP contribution in [0, 0.1) is 5.41 Å². The van der Waals surface area contributed by atoms with Gasteiger partial charge < -0.3 is 20.5 Å². The number of carbonyl (C=O) groups excluding carboxylic acids is 1. The molecule has 1 amide bonds. The number of nitrogens with one attached hydrogen (secondary N) is 1. The minimum Gasteiger partial charge on any atom is -0.439 e. The Morgan fingerprint density at radius 1 is 1.25 bits per heavy atom. The van der Waals surface area contributed by atoms with Crippen LogP contribution in [-0.2, 0) is 9.53 Å². The SMILES string of the molecule is CCOC1CC(N)(C(=O)Nc2cccc(Oc3ccccn3)c2)C1(C)C.Cl.Cl. The molecule has 6 nitrogen and oxygen atoms in total. The van der Waals surface area contributed by atoms with Crippen LogP contribution in [0.3, 0.4) is 0 Å². The molecule has 0 saturated heterocycles. The average molecular weight is 428 g/mol. The molecule has 3 rings (SSSR count). The molecule has 0 spiro atoms. The minimum absolute atomic E-state index is 0. The van der Waals surface area contributed by atoms with E-state index in [9.17, 15) is 4.79 Å². The van der Waals surface area contributed by atoms with Crippen molar-refractivity contribution in [2.24, 2.45) is 11.1 Å². The third-order valence-corrected chi connectivity index (χ3v) is 5.19. The lowest BCUT2D eigenvalue weighted by Crippen LogP contribution is -2.74. The number of ether oxygens (including phenoxy) is 2. The standard InChI is InChI=1S/C20H25N3O3.2ClH/c1-4-25-16-13-20(21,19(16,2)3)18(24)23-14-8-7-9-15(12-14)26-17-10-5-6-11-22-17;;/h5-12,16H,4,13,21H2,1-3H3,(H,23,24);2*1H. The van der Waals surface area contributed by atoms with Crippen molar-refractivity contribution in [1.82, 2.24) is 4.98 Å². The van der Waals surface area contributed by atoms with Gasteiger partial charge in [-0.2, -0.15) is 0 Å². The number of anilines is 1. The fraction of sp³-hybridized carbons (Fsp3) is 0.400. The first-order valence-corrected chi connectivity index (χ1v) is 8.77. The third-order valence-electron chi connectivity index (χ3n) is 5.19. The summed E-state index contributed by atoms with van der Waals surface area (Å²) in [5.41, 5.74) is 5.65. The Hall–Kier alpha value is -1.86. The largest absolute Gasteiger partial charge is 0.439 e. The summed E-state index contributed by atoms with van der Waals surface area (Å²) in [6, 6.07) is 12.6. The fourth-order valence-corrected chi connectivity index (χ4v) is 3.23. The predicted octanol–water partition coefficient (Wildman–Crippen LogP) is 4.19. The van der Waals surface area contributed by atoms with Crippen molar-refractivity contribution in [2.45, 2.75) is 38.8 Å². The smallest absolute Gasteiger partial charge is 0.245 e. The highest BCUT2D eigenvalue weighted by molar-refractivity contribution is 5.99. The summed E-state index contributed by atoms with van der Waals surface area (Å²) in [6.45, 7) is 6.49. The second-order valence-electron chi connectivity index (χ2n) is 7.09. The van der Waals surface area contributed by atoms with Gasteiger partial charge in [-0.15, -0.1) is 24.8 Å². The van der Waals surface area contributed by atoms with E-state index in [4.69, 9.17) is 15.2 Å². The van der Waals surface area contributed by atoms with Crippen molar-refractivity contribution in [1.29, 1.82) is 0 Å². The zero-order valence-corrected chi connectivity index (χ0v) is 17.8. The molecule has 8 heteroatoms. The van der Waals surface area contributed by atoms with Crippen LogP contribution in [0.4, 0.5) is 5.69 Å². The third kappa shape index (κ3) is 4.58. The van der Waals surface area contributed by atoms with Crippen LogP contribution in [0.15, 0.2) is 48.7 Å². The number of amides is 1. The van der Waals surface area contributed by atoms with Crippen LogP contribution in [0.1, 0.15) is 27.2 Å². The van der Waals surface area contributed by atoms with E-state index in [1.165, 1.54) is 0 Å². The van der Waals surface area contributed by atoms with E-state index in [1.54, 1.807) is 30.5 Å². The number of hydrogen-bond donors (Lipinski definition) is 2. The van der Waals surface area contributed by atoms with Gasteiger partial charge in [0.2, 0.25) is 11.8 Å². The number of pyridine rings is 1. The second kappa shape index (κ2) is 9.56. The maximum Gasteiger partial charge on any atom is 0.245 e. The first-order chi connectivity index (χ1) is 12.4. The zero-order chi connectivity index (χ0) is 18.8. The van der Waals surface area contributed by atoms with Crippen LogP contribution in [0.2, 0.25) is 0 Å². The van der Waals surface area contributed by atoms with Crippen LogP contribution >= 0.6 is 24.8 Å². The summed E-state index contributed by atoms with van der Waals surface area (Å²) in [7, 11) is 0. The molecule has 1 fully saturated rings. The van der Waals surface area contributed by atoms with Crippen molar-refractivity contribution in [2.75, 3.05) is 11.9 Å². The zero-order valence-electron chi connectivity index (χ0n) is 16.2. The van der Waals surface area contributed by atoms with Crippen LogP contribution in [0.5, 0.6) is 11.6 Å². The van der Waals surface area contributed by atoms with Gasteiger partial charge in [0, 0.05) is 42.5 Å². The van der Waals surface area contributed by atoms with Gasteiger partial charge in [0.1, 0.15) is 11.3 Å². The molecule has 2 unspecified atom stereocenters. The first-order valence-electron chi connectivity index (χ1n) is 8.77. The Bertz CT molecular complexity index is 789. The molecule has 28 heavy (non-hydrogen) atoms. The molecular weight excluding hydrogens is 401 g/mol. The number of nitrogens with two attached hydrogens (primary N) is 1. The quantitative estimate of drug-likeness (QED) is 0.721. The highest BCUT2D eigenvalue weighted by atomic mass is 35.5. The van der Waals surface area contributed by atoms with E-state index < -0.39 is 11.0 Å². The highest BCUT2D eigenvalue weighted by Crippen LogP contribution is 2.50. The average Bonchev–Trinajstić information content (AvgIpc) is 2.62. The summed E-state index contributed by atoms with van der Waals surface area (Å²) in [4.78, 5) is 16.9. The molecule has 2 atom stereocenters. The van der Waals surface area contributed by atoms with E-state index in [0.717, 1.165) is 0 Å². The molecule has 3 N–H and O–H groups in total. The monoisotopic (exact) mass is 427 g/mol. The molecule has 1 aliphatic rings. The summed E-state index contributed by atoms with van der Waals surface area (Å²) < 4.78 is 11.4. The Labute approximate surface area is 178 Å². The molecule has 1 heterocycles. The van der Waals surface area contributed by atoms with Crippen molar-refractivity contribution < 1.29 is 14.3 Å². The summed E-state index contributed by atoms with van der Waals surface area (Å²) >= 11 is 0. The van der Waals surface area contributed by atoms with Crippen LogP contribution in [-0.4, -0.2) is 29.1 Å². The molecule has 0 radical (unpaired) electrons. The van der Waals surface area contributed by atoms with Crippen molar-refractivity contribution in [3.05, 3.63) is 48.7 Å². The lowest BCUT2D eigenvalue weighted by Gasteiger charge is -2.57. The molecule has 154 valence electrons. The van der Waals surface area contributed by atoms with E-state index >= 15 is 0 Å². The number of halogens is 2. The first kappa shape index (κ1) is 24.2. The Morgan fingerprint density at radius 3 is 2.61 bits per heavy atom. The van der Waals surface area contributed by atoms with Crippen LogP contribution < -0.4 is 15.8 Å². The van der Waals surface area contributed by atoms with E-state index in [1.807, 2.05) is 39.0 Å². The normalized spacial score (nSPS) is 22.1. The molecule has 1 saturated carbocycles. The number of hydrogen-bond acceptors (Lipinski definition) is 5. The number of benzene rings is 1. The number of aromatic nitrogens is 1. The van der Waals surface area contributed by atoms with Crippen molar-refractivity contribution in [3.63, 3.8) is 0 Å². The van der Waals surface area contributed by atoms with Crippen molar-refractivity contribution in [3.8, 4) is 11.6 Å². The van der Waals surface area contributed by atoms with Crippen LogP contribution in [0.25, 0.3) is 0 Å². The summed E-state index contributed by atoms with van der Waals surface area (Å²) in [5, 5.41) is 2.91. The van der Waals surface area contributed by atoms with E-state index in [0.29, 0.717) is 30.3 Å². The van der Waals surface area contributed by atoms with E-state index in [2.05, 4.69) is 10.3 Å². The molecule has 1 aromatic heterocycles. The maximum absolute atomic E-state index is 12.8. The predicted molar refractivity (Wildman–Crippen MR) is 115 cm³/mol. The second-order valence-corrected chi connectivity index (χ2v) is 7.09. The van der Waals surface area contributed by atoms with Gasteiger partial charge in [0.15, 0.2) is 0 Å². The van der Waals surface area contributed by atoms with Gasteiger partial charge in [0.25, 0.3) is 0 Å².